The predicted octanol–water partition coefficient (Wildman–Crippen LogP) is 3.27. The van der Waals surface area contributed by atoms with Crippen LogP contribution in [0.5, 0.6) is 0 Å². The zero-order valence-corrected chi connectivity index (χ0v) is 11.4. The number of carbonyl (C=O) groups is 1. The average molecular weight is 277 g/mol. The van der Waals surface area contributed by atoms with Crippen molar-refractivity contribution in [1.82, 2.24) is 4.90 Å². The number of nitrogens with zero attached hydrogens (tertiary/aromatic N) is 1. The summed E-state index contributed by atoms with van der Waals surface area (Å²) in [7, 11) is 0. The topological polar surface area (TPSA) is 20.3 Å². The van der Waals surface area contributed by atoms with E-state index in [9.17, 15) is 18.0 Å². The number of rotatable bonds is 2. The van der Waals surface area contributed by atoms with E-state index in [0.717, 1.165) is 12.8 Å². The number of Topliss-reactive ketones (excluding diaryl/α,β-unsaturated/α-hetero) is 1. The molecule has 110 valence electrons. The highest BCUT2D eigenvalue weighted by Crippen LogP contribution is 2.34. The molecule has 3 unspecified atom stereocenters. The Kier molecular flexibility index (Phi) is 4.54. The van der Waals surface area contributed by atoms with Gasteiger partial charge in [-0.1, -0.05) is 6.92 Å². The Hall–Kier alpha value is -0.580. The highest BCUT2D eigenvalue weighted by atomic mass is 19.4. The second-order valence-electron chi connectivity index (χ2n) is 6.18. The lowest BCUT2D eigenvalue weighted by atomic mass is 9.81. The lowest BCUT2D eigenvalue weighted by molar-refractivity contribution is -0.187. The summed E-state index contributed by atoms with van der Waals surface area (Å²) in [6.45, 7) is 3.41. The van der Waals surface area contributed by atoms with Gasteiger partial charge < -0.3 is 4.90 Å². The molecule has 2 aliphatic rings. The third-order valence-corrected chi connectivity index (χ3v) is 4.47. The number of hydrogen-bond donors (Lipinski definition) is 0. The number of halogens is 3. The Balaban J connectivity index is 1.89. The van der Waals surface area contributed by atoms with Crippen LogP contribution < -0.4 is 0 Å². The van der Waals surface area contributed by atoms with E-state index in [4.69, 9.17) is 0 Å². The molecule has 3 atom stereocenters. The summed E-state index contributed by atoms with van der Waals surface area (Å²) >= 11 is 0. The van der Waals surface area contributed by atoms with Crippen molar-refractivity contribution >= 4 is 5.78 Å². The van der Waals surface area contributed by atoms with Crippen molar-refractivity contribution in [2.24, 2.45) is 17.8 Å². The summed E-state index contributed by atoms with van der Waals surface area (Å²) in [6.07, 6.45) is -0.910. The third kappa shape index (κ3) is 3.94. The van der Waals surface area contributed by atoms with Crippen LogP contribution >= 0.6 is 0 Å². The maximum Gasteiger partial charge on any atom is 0.393 e. The van der Waals surface area contributed by atoms with Crippen LogP contribution in [0.4, 0.5) is 13.2 Å². The van der Waals surface area contributed by atoms with Crippen LogP contribution in [0.15, 0.2) is 0 Å². The Morgan fingerprint density at radius 2 is 2.05 bits per heavy atom. The second-order valence-corrected chi connectivity index (χ2v) is 6.18. The van der Waals surface area contributed by atoms with Crippen LogP contribution in [0.25, 0.3) is 0 Å². The van der Waals surface area contributed by atoms with Gasteiger partial charge in [-0.05, 0) is 38.1 Å². The molecule has 1 heterocycles. The van der Waals surface area contributed by atoms with Gasteiger partial charge in [0, 0.05) is 25.4 Å². The first-order chi connectivity index (χ1) is 8.86. The van der Waals surface area contributed by atoms with Crippen molar-refractivity contribution in [3.8, 4) is 0 Å². The molecule has 0 spiro atoms. The molecule has 2 fully saturated rings. The van der Waals surface area contributed by atoms with Crippen LogP contribution in [0, 0.1) is 17.8 Å². The van der Waals surface area contributed by atoms with E-state index >= 15 is 0 Å². The van der Waals surface area contributed by atoms with Gasteiger partial charge in [0.1, 0.15) is 5.78 Å². The Labute approximate surface area is 112 Å². The molecule has 1 saturated heterocycles. The molecule has 2 rings (SSSR count). The molecule has 0 radical (unpaired) electrons. The van der Waals surface area contributed by atoms with Gasteiger partial charge >= 0.3 is 6.18 Å². The Morgan fingerprint density at radius 1 is 1.32 bits per heavy atom. The van der Waals surface area contributed by atoms with Gasteiger partial charge in [-0.2, -0.15) is 13.2 Å². The summed E-state index contributed by atoms with van der Waals surface area (Å²) in [5, 5.41) is 0. The highest BCUT2D eigenvalue weighted by Gasteiger charge is 2.42. The molecule has 0 N–H and O–H groups in total. The first-order valence-corrected chi connectivity index (χ1v) is 7.18. The predicted molar refractivity (Wildman–Crippen MR) is 66.7 cm³/mol. The highest BCUT2D eigenvalue weighted by molar-refractivity contribution is 5.81. The molecule has 0 amide bonds. The minimum atomic E-state index is -4.09. The van der Waals surface area contributed by atoms with Gasteiger partial charge in [-0.3, -0.25) is 4.79 Å². The van der Waals surface area contributed by atoms with Crippen LogP contribution in [0.2, 0.25) is 0 Å². The quantitative estimate of drug-likeness (QED) is 0.772. The SMILES string of the molecule is CC1CCC(=O)C(CN2CCCC(C(F)(F)F)C2)C1. The van der Waals surface area contributed by atoms with Crippen LogP contribution in [-0.4, -0.2) is 36.5 Å². The van der Waals surface area contributed by atoms with Crippen molar-refractivity contribution in [1.29, 1.82) is 0 Å². The minimum Gasteiger partial charge on any atom is -0.302 e. The molecular formula is C14H22F3NO. The molecule has 0 aromatic heterocycles. The van der Waals surface area contributed by atoms with Crippen molar-refractivity contribution < 1.29 is 18.0 Å². The molecular weight excluding hydrogens is 255 g/mol. The molecule has 5 heteroatoms. The normalized spacial score (nSPS) is 34.5. The summed E-state index contributed by atoms with van der Waals surface area (Å²) in [5.41, 5.74) is 0. The smallest absolute Gasteiger partial charge is 0.302 e. The van der Waals surface area contributed by atoms with E-state index in [1.165, 1.54) is 0 Å². The first kappa shape index (κ1) is 14.8. The van der Waals surface area contributed by atoms with E-state index in [1.807, 2.05) is 4.90 Å². The molecule has 19 heavy (non-hydrogen) atoms. The van der Waals surface area contributed by atoms with E-state index in [2.05, 4.69) is 6.92 Å². The molecule has 1 saturated carbocycles. The standard InChI is InChI=1S/C14H22F3NO/c1-10-4-5-13(19)11(7-10)8-18-6-2-3-12(9-18)14(15,16)17/h10-12H,2-9H2,1H3. The first-order valence-electron chi connectivity index (χ1n) is 7.18. The number of likely N-dealkylation sites (tertiary alicyclic amines) is 1. The molecule has 1 aliphatic carbocycles. The van der Waals surface area contributed by atoms with Gasteiger partial charge in [0.15, 0.2) is 0 Å². The van der Waals surface area contributed by atoms with Gasteiger partial charge in [0.25, 0.3) is 0 Å². The molecule has 2 nitrogen and oxygen atoms in total. The van der Waals surface area contributed by atoms with Crippen LogP contribution in [0.3, 0.4) is 0 Å². The maximum absolute atomic E-state index is 12.7. The molecule has 1 aliphatic heterocycles. The summed E-state index contributed by atoms with van der Waals surface area (Å²) in [5.74, 6) is -0.494. The number of alkyl halides is 3. The van der Waals surface area contributed by atoms with Gasteiger partial charge in [-0.25, -0.2) is 0 Å². The average Bonchev–Trinajstić information content (AvgIpc) is 2.33. The largest absolute Gasteiger partial charge is 0.393 e. The zero-order chi connectivity index (χ0) is 14.0. The molecule has 0 aromatic carbocycles. The fourth-order valence-electron chi connectivity index (χ4n) is 3.30. The van der Waals surface area contributed by atoms with Gasteiger partial charge in [-0.15, -0.1) is 0 Å². The lowest BCUT2D eigenvalue weighted by Gasteiger charge is -2.37. The van der Waals surface area contributed by atoms with E-state index in [1.54, 1.807) is 0 Å². The van der Waals surface area contributed by atoms with Gasteiger partial charge in [0.05, 0.1) is 5.92 Å². The minimum absolute atomic E-state index is 0.0456. The summed E-state index contributed by atoms with van der Waals surface area (Å²) in [4.78, 5) is 13.7. The van der Waals surface area contributed by atoms with E-state index < -0.39 is 12.1 Å². The van der Waals surface area contributed by atoms with Crippen molar-refractivity contribution in [3.05, 3.63) is 0 Å². The zero-order valence-electron chi connectivity index (χ0n) is 11.4. The number of hydrogen-bond acceptors (Lipinski definition) is 2. The van der Waals surface area contributed by atoms with Crippen LogP contribution in [-0.2, 0) is 4.79 Å². The molecule has 0 aromatic rings. The Bertz CT molecular complexity index is 329. The fourth-order valence-corrected chi connectivity index (χ4v) is 3.30. The summed E-state index contributed by atoms with van der Waals surface area (Å²) < 4.78 is 38.2. The van der Waals surface area contributed by atoms with Gasteiger partial charge in [0.2, 0.25) is 0 Å². The van der Waals surface area contributed by atoms with Crippen molar-refractivity contribution in [2.75, 3.05) is 19.6 Å². The molecule has 0 bridgehead atoms. The monoisotopic (exact) mass is 277 g/mol. The summed E-state index contributed by atoms with van der Waals surface area (Å²) in [6, 6.07) is 0. The lowest BCUT2D eigenvalue weighted by Crippen LogP contribution is -2.45. The Morgan fingerprint density at radius 3 is 2.74 bits per heavy atom. The number of piperidine rings is 1. The maximum atomic E-state index is 12.7. The second kappa shape index (κ2) is 5.81. The number of ketones is 1. The fraction of sp³-hybridized carbons (Fsp3) is 0.929. The van der Waals surface area contributed by atoms with Crippen molar-refractivity contribution in [2.45, 2.75) is 45.2 Å². The van der Waals surface area contributed by atoms with E-state index in [0.29, 0.717) is 31.8 Å². The van der Waals surface area contributed by atoms with Crippen molar-refractivity contribution in [3.63, 3.8) is 0 Å². The number of carbonyl (C=O) groups excluding carboxylic acids is 1. The van der Waals surface area contributed by atoms with E-state index in [-0.39, 0.29) is 24.7 Å². The third-order valence-electron chi connectivity index (χ3n) is 4.47. The van der Waals surface area contributed by atoms with Crippen LogP contribution in [0.1, 0.15) is 39.0 Å².